The third kappa shape index (κ3) is 3.55. The van der Waals surface area contributed by atoms with E-state index in [1.807, 2.05) is 31.2 Å². The van der Waals surface area contributed by atoms with Gasteiger partial charge in [0.15, 0.2) is 4.32 Å². The number of amides is 2. The van der Waals surface area contributed by atoms with Crippen molar-refractivity contribution in [2.45, 2.75) is 25.7 Å². The fourth-order valence-corrected chi connectivity index (χ4v) is 5.28. The smallest absolute Gasteiger partial charge is 0.310 e. The summed E-state index contributed by atoms with van der Waals surface area (Å²) in [5.74, 6) is -2.04. The van der Waals surface area contributed by atoms with E-state index in [4.69, 9.17) is 12.2 Å². The third-order valence-electron chi connectivity index (χ3n) is 5.48. The van der Waals surface area contributed by atoms with E-state index in [9.17, 15) is 19.5 Å². The number of anilines is 2. The molecule has 0 spiro atoms. The number of para-hydroxylation sites is 1. The molecule has 158 valence electrons. The highest BCUT2D eigenvalue weighted by atomic mass is 32.2. The lowest BCUT2D eigenvalue weighted by molar-refractivity contribution is -0.139. The molecule has 1 N–H and O–H groups in total. The van der Waals surface area contributed by atoms with Crippen LogP contribution in [0, 0.1) is 0 Å². The van der Waals surface area contributed by atoms with Gasteiger partial charge in [-0.15, -0.1) is 0 Å². The van der Waals surface area contributed by atoms with Gasteiger partial charge in [-0.1, -0.05) is 67.7 Å². The van der Waals surface area contributed by atoms with Crippen molar-refractivity contribution < 1.29 is 19.5 Å². The van der Waals surface area contributed by atoms with E-state index in [1.54, 1.807) is 31.3 Å². The van der Waals surface area contributed by atoms with E-state index >= 15 is 0 Å². The lowest BCUT2D eigenvalue weighted by Gasteiger charge is -2.17. The first-order valence-corrected chi connectivity index (χ1v) is 11.1. The Bertz CT molecular complexity index is 1140. The number of benzene rings is 2. The van der Waals surface area contributed by atoms with E-state index in [0.29, 0.717) is 32.5 Å². The standard InChI is InChI=1S/C23H20N2O4S2/c1-3-6-15(22(28)29)13-9-11-14(12-10-13)25-21(27)19(31-23(25)30)18-16-7-4-5-8-17(16)24(2)20(18)26/h4-5,7-12,15H,3,6H2,1-2H3,(H,28,29). The van der Waals surface area contributed by atoms with Gasteiger partial charge in [0.25, 0.3) is 11.8 Å². The molecule has 4 rings (SSSR count). The highest BCUT2D eigenvalue weighted by Gasteiger charge is 2.41. The van der Waals surface area contributed by atoms with Gasteiger partial charge >= 0.3 is 5.97 Å². The molecule has 1 atom stereocenters. The first-order valence-electron chi connectivity index (χ1n) is 9.86. The van der Waals surface area contributed by atoms with Crippen LogP contribution in [-0.2, 0) is 14.4 Å². The van der Waals surface area contributed by atoms with E-state index in [0.717, 1.165) is 29.4 Å². The number of hydrogen-bond acceptors (Lipinski definition) is 5. The zero-order valence-corrected chi connectivity index (χ0v) is 18.6. The Kier molecular flexibility index (Phi) is 5.68. The van der Waals surface area contributed by atoms with Crippen molar-refractivity contribution in [1.82, 2.24) is 0 Å². The molecule has 6 nitrogen and oxygen atoms in total. The minimum atomic E-state index is -0.868. The summed E-state index contributed by atoms with van der Waals surface area (Å²) in [7, 11) is 1.68. The van der Waals surface area contributed by atoms with E-state index in [-0.39, 0.29) is 11.8 Å². The maximum atomic E-state index is 13.3. The van der Waals surface area contributed by atoms with Gasteiger partial charge in [0.05, 0.1) is 27.8 Å². The molecular weight excluding hydrogens is 432 g/mol. The van der Waals surface area contributed by atoms with Gasteiger partial charge in [-0.25, -0.2) is 0 Å². The van der Waals surface area contributed by atoms with Gasteiger partial charge in [-0.05, 0) is 30.2 Å². The lowest BCUT2D eigenvalue weighted by atomic mass is 9.94. The molecule has 8 heteroatoms. The molecule has 1 fully saturated rings. The number of thioether (sulfide) groups is 1. The van der Waals surface area contributed by atoms with Gasteiger partial charge in [-0.3, -0.25) is 19.3 Å². The largest absolute Gasteiger partial charge is 0.481 e. The third-order valence-corrected chi connectivity index (χ3v) is 6.85. The predicted molar refractivity (Wildman–Crippen MR) is 126 cm³/mol. The minimum Gasteiger partial charge on any atom is -0.481 e. The maximum Gasteiger partial charge on any atom is 0.310 e. The number of carbonyl (C=O) groups is 3. The summed E-state index contributed by atoms with van der Waals surface area (Å²) in [6.45, 7) is 1.94. The second kappa shape index (κ2) is 8.28. The van der Waals surface area contributed by atoms with Crippen LogP contribution in [0.25, 0.3) is 5.57 Å². The van der Waals surface area contributed by atoms with Crippen LogP contribution in [0.5, 0.6) is 0 Å². The number of hydrogen-bond donors (Lipinski definition) is 1. The van der Waals surface area contributed by atoms with E-state index in [1.165, 1.54) is 9.80 Å². The number of carboxylic acids is 1. The predicted octanol–water partition coefficient (Wildman–Crippen LogP) is 4.41. The summed E-state index contributed by atoms with van der Waals surface area (Å²) in [5.41, 5.74) is 3.07. The zero-order chi connectivity index (χ0) is 22.3. The molecule has 2 amide bonds. The Hall–Kier alpha value is -2.97. The molecule has 2 aliphatic heterocycles. The second-order valence-corrected chi connectivity index (χ2v) is 9.01. The Morgan fingerprint density at radius 1 is 1.10 bits per heavy atom. The molecule has 2 aliphatic rings. The number of likely N-dealkylation sites (N-methyl/N-ethyl adjacent to an activating group) is 1. The number of aliphatic carboxylic acids is 1. The van der Waals surface area contributed by atoms with Crippen molar-refractivity contribution in [2.24, 2.45) is 0 Å². The Morgan fingerprint density at radius 3 is 2.42 bits per heavy atom. The SMILES string of the molecule is CCCC(C(=O)O)c1ccc(N2C(=O)C(=C3C(=O)N(C)c4ccccc43)SC2=S)cc1. The molecule has 31 heavy (non-hydrogen) atoms. The number of nitrogens with zero attached hydrogens (tertiary/aromatic N) is 2. The molecule has 1 saturated heterocycles. The Balaban J connectivity index is 1.69. The molecule has 0 aromatic heterocycles. The van der Waals surface area contributed by atoms with Crippen molar-refractivity contribution >= 4 is 63.0 Å². The molecule has 2 heterocycles. The zero-order valence-electron chi connectivity index (χ0n) is 17.0. The van der Waals surface area contributed by atoms with Crippen molar-refractivity contribution in [3.8, 4) is 0 Å². The van der Waals surface area contributed by atoms with Crippen molar-refractivity contribution in [2.75, 3.05) is 16.8 Å². The van der Waals surface area contributed by atoms with Gasteiger partial charge in [0.2, 0.25) is 0 Å². The fraction of sp³-hybridized carbons (Fsp3) is 0.217. The topological polar surface area (TPSA) is 77.9 Å². The summed E-state index contributed by atoms with van der Waals surface area (Å²) >= 11 is 6.57. The van der Waals surface area contributed by atoms with Crippen molar-refractivity contribution in [3.63, 3.8) is 0 Å². The molecule has 0 aliphatic carbocycles. The minimum absolute atomic E-state index is 0.235. The normalized spacial score (nSPS) is 19.2. The van der Waals surface area contributed by atoms with Crippen LogP contribution in [0.15, 0.2) is 53.4 Å². The average molecular weight is 453 g/mol. The van der Waals surface area contributed by atoms with Gasteiger partial charge < -0.3 is 10.0 Å². The summed E-state index contributed by atoms with van der Waals surface area (Å²) in [6.07, 6.45) is 1.29. The highest BCUT2D eigenvalue weighted by molar-refractivity contribution is 8.27. The molecule has 2 aromatic rings. The monoisotopic (exact) mass is 452 g/mol. The van der Waals surface area contributed by atoms with Crippen LogP contribution in [0.1, 0.15) is 36.8 Å². The highest BCUT2D eigenvalue weighted by Crippen LogP contribution is 2.45. The summed E-state index contributed by atoms with van der Waals surface area (Å²) in [5, 5.41) is 9.47. The molecular formula is C23H20N2O4S2. The number of carboxylic acid groups (broad SMARTS) is 1. The van der Waals surface area contributed by atoms with Crippen LogP contribution >= 0.6 is 24.0 Å². The molecule has 2 aromatic carbocycles. The second-order valence-electron chi connectivity index (χ2n) is 7.37. The number of rotatable bonds is 5. The molecule has 0 saturated carbocycles. The van der Waals surface area contributed by atoms with E-state index < -0.39 is 11.9 Å². The fourth-order valence-electron chi connectivity index (χ4n) is 3.91. The first kappa shape index (κ1) is 21.3. The van der Waals surface area contributed by atoms with E-state index in [2.05, 4.69) is 0 Å². The Labute approximate surface area is 189 Å². The maximum absolute atomic E-state index is 13.3. The lowest BCUT2D eigenvalue weighted by Crippen LogP contribution is -2.28. The number of carbonyl (C=O) groups excluding carboxylic acids is 2. The van der Waals surface area contributed by atoms with Crippen LogP contribution < -0.4 is 9.80 Å². The van der Waals surface area contributed by atoms with Crippen LogP contribution in [0.3, 0.4) is 0 Å². The van der Waals surface area contributed by atoms with Crippen molar-refractivity contribution in [1.29, 1.82) is 0 Å². The summed E-state index contributed by atoms with van der Waals surface area (Å²) in [6, 6.07) is 14.2. The van der Waals surface area contributed by atoms with Crippen molar-refractivity contribution in [3.05, 3.63) is 64.6 Å². The first-order chi connectivity index (χ1) is 14.8. The van der Waals surface area contributed by atoms with Gasteiger partial charge in [0, 0.05) is 12.6 Å². The van der Waals surface area contributed by atoms with Gasteiger partial charge in [0.1, 0.15) is 0 Å². The van der Waals surface area contributed by atoms with Crippen LogP contribution in [0.2, 0.25) is 0 Å². The summed E-state index contributed by atoms with van der Waals surface area (Å²) < 4.78 is 0.337. The Morgan fingerprint density at radius 2 is 1.77 bits per heavy atom. The molecule has 0 bridgehead atoms. The molecule has 1 unspecified atom stereocenters. The van der Waals surface area contributed by atoms with Crippen LogP contribution in [-0.4, -0.2) is 34.3 Å². The number of fused-ring (bicyclic) bond motifs is 1. The summed E-state index contributed by atoms with van der Waals surface area (Å²) in [4.78, 5) is 41.0. The van der Waals surface area contributed by atoms with Crippen LogP contribution in [0.4, 0.5) is 11.4 Å². The molecule has 0 radical (unpaired) electrons. The average Bonchev–Trinajstić information content (AvgIpc) is 3.18. The number of thiocarbonyl (C=S) groups is 1. The quantitative estimate of drug-likeness (QED) is 0.535. The van der Waals surface area contributed by atoms with Gasteiger partial charge in [-0.2, -0.15) is 0 Å².